The van der Waals surface area contributed by atoms with Crippen molar-refractivity contribution in [2.45, 2.75) is 38.8 Å². The van der Waals surface area contributed by atoms with Crippen molar-refractivity contribution in [3.05, 3.63) is 51.7 Å². The van der Waals surface area contributed by atoms with Crippen molar-refractivity contribution in [3.8, 4) is 5.75 Å². The first kappa shape index (κ1) is 18.0. The van der Waals surface area contributed by atoms with Crippen LogP contribution in [0.5, 0.6) is 5.75 Å². The lowest BCUT2D eigenvalue weighted by atomic mass is 9.93. The highest BCUT2D eigenvalue weighted by Gasteiger charge is 2.33. The Balaban J connectivity index is 1.87. The number of carbonyl (C=O) groups excluding carboxylic acids is 1. The van der Waals surface area contributed by atoms with Gasteiger partial charge in [0.1, 0.15) is 5.75 Å². The maximum Gasteiger partial charge on any atom is 0.278 e. The van der Waals surface area contributed by atoms with Gasteiger partial charge in [-0.2, -0.15) is 0 Å². The number of ether oxygens (including phenoxy) is 1. The second-order valence-electron chi connectivity index (χ2n) is 6.64. The minimum atomic E-state index is 0.0127. The first-order chi connectivity index (χ1) is 12.1. The van der Waals surface area contributed by atoms with Crippen molar-refractivity contribution in [2.24, 2.45) is 0 Å². The molecule has 1 aromatic heterocycles. The van der Waals surface area contributed by atoms with Crippen LogP contribution < -0.4 is 10.1 Å². The van der Waals surface area contributed by atoms with Gasteiger partial charge < -0.3 is 15.0 Å². The number of methoxy groups -OCH3 is 1. The van der Waals surface area contributed by atoms with Gasteiger partial charge in [-0.1, -0.05) is 19.1 Å². The number of thiophene rings is 1. The summed E-state index contributed by atoms with van der Waals surface area (Å²) in [5.74, 6) is 1.06. The summed E-state index contributed by atoms with van der Waals surface area (Å²) in [6.45, 7) is 5.63. The molecule has 2 atom stereocenters. The zero-order valence-corrected chi connectivity index (χ0v) is 16.0. The van der Waals surface area contributed by atoms with Crippen LogP contribution in [0.1, 0.15) is 42.3 Å². The largest absolute Gasteiger partial charge is 0.497 e. The SMILES string of the molecule is CC[C@@H](C)[NH2+]CC(=O)N1CCc2sccc2[C@@H]1c1ccc(OC)cc1. The first-order valence-electron chi connectivity index (χ1n) is 8.97. The van der Waals surface area contributed by atoms with Crippen LogP contribution >= 0.6 is 11.3 Å². The molecule has 134 valence electrons. The summed E-state index contributed by atoms with van der Waals surface area (Å²) in [7, 11) is 1.67. The molecule has 0 spiro atoms. The van der Waals surface area contributed by atoms with E-state index in [1.807, 2.05) is 12.1 Å². The van der Waals surface area contributed by atoms with Crippen molar-refractivity contribution in [3.63, 3.8) is 0 Å². The van der Waals surface area contributed by atoms with Crippen molar-refractivity contribution in [1.29, 1.82) is 0 Å². The molecule has 0 bridgehead atoms. The number of quaternary nitrogens is 1. The molecule has 0 saturated carbocycles. The van der Waals surface area contributed by atoms with Crippen LogP contribution in [0.3, 0.4) is 0 Å². The Labute approximate surface area is 153 Å². The number of fused-ring (bicyclic) bond motifs is 1. The van der Waals surface area contributed by atoms with E-state index in [0.29, 0.717) is 12.6 Å². The third kappa shape index (κ3) is 3.88. The summed E-state index contributed by atoms with van der Waals surface area (Å²) >= 11 is 1.80. The van der Waals surface area contributed by atoms with E-state index in [-0.39, 0.29) is 11.9 Å². The topological polar surface area (TPSA) is 46.2 Å². The van der Waals surface area contributed by atoms with Crippen LogP contribution in [0.2, 0.25) is 0 Å². The highest BCUT2D eigenvalue weighted by Crippen LogP contribution is 2.38. The molecule has 4 nitrogen and oxygen atoms in total. The van der Waals surface area contributed by atoms with Crippen LogP contribution in [0.4, 0.5) is 0 Å². The Kier molecular flexibility index (Phi) is 5.76. The molecule has 1 aromatic carbocycles. The van der Waals surface area contributed by atoms with Gasteiger partial charge in [0.25, 0.3) is 5.91 Å². The summed E-state index contributed by atoms with van der Waals surface area (Å²) in [5.41, 5.74) is 2.43. The average Bonchev–Trinajstić information content (AvgIpc) is 3.13. The maximum absolute atomic E-state index is 12.9. The highest BCUT2D eigenvalue weighted by molar-refractivity contribution is 7.10. The normalized spacial score (nSPS) is 17.9. The fourth-order valence-electron chi connectivity index (χ4n) is 3.32. The van der Waals surface area contributed by atoms with E-state index in [1.165, 1.54) is 10.4 Å². The van der Waals surface area contributed by atoms with Crippen LogP contribution in [0, 0.1) is 0 Å². The number of carbonyl (C=O) groups is 1. The second-order valence-corrected chi connectivity index (χ2v) is 7.64. The Hall–Kier alpha value is -1.85. The number of hydrogen-bond donors (Lipinski definition) is 1. The molecule has 0 aliphatic carbocycles. The van der Waals surface area contributed by atoms with Gasteiger partial charge in [-0.05, 0) is 54.5 Å². The molecule has 0 unspecified atom stereocenters. The molecular formula is C20H27N2O2S+. The molecule has 3 rings (SSSR count). The third-order valence-corrected chi connectivity index (χ3v) is 6.05. The fraction of sp³-hybridized carbons (Fsp3) is 0.450. The lowest BCUT2D eigenvalue weighted by molar-refractivity contribution is -0.676. The second kappa shape index (κ2) is 8.02. The van der Waals surface area contributed by atoms with E-state index < -0.39 is 0 Å². The summed E-state index contributed by atoms with van der Waals surface area (Å²) < 4.78 is 5.28. The molecule has 1 aliphatic rings. The molecule has 1 amide bonds. The Bertz CT molecular complexity index is 711. The fourth-order valence-corrected chi connectivity index (χ4v) is 4.22. The molecule has 5 heteroatoms. The van der Waals surface area contributed by atoms with Crippen molar-refractivity contribution in [1.82, 2.24) is 4.90 Å². The summed E-state index contributed by atoms with van der Waals surface area (Å²) in [6.07, 6.45) is 2.03. The van der Waals surface area contributed by atoms with E-state index in [9.17, 15) is 4.79 Å². The lowest BCUT2D eigenvalue weighted by Gasteiger charge is -2.36. The molecule has 1 aliphatic heterocycles. The lowest BCUT2D eigenvalue weighted by Crippen LogP contribution is -2.91. The predicted octanol–water partition coefficient (Wildman–Crippen LogP) is 2.59. The number of nitrogens with zero attached hydrogens (tertiary/aromatic N) is 1. The number of hydrogen-bond acceptors (Lipinski definition) is 3. The molecular weight excluding hydrogens is 332 g/mol. The zero-order valence-electron chi connectivity index (χ0n) is 15.2. The van der Waals surface area contributed by atoms with Gasteiger partial charge in [0.05, 0.1) is 19.2 Å². The van der Waals surface area contributed by atoms with Gasteiger partial charge in [0.2, 0.25) is 0 Å². The van der Waals surface area contributed by atoms with E-state index in [1.54, 1.807) is 18.4 Å². The standard InChI is InChI=1S/C20H26N2O2S/c1-4-14(2)21-13-19(23)22-11-9-18-17(10-12-25-18)20(22)15-5-7-16(24-3)8-6-15/h5-8,10,12,14,20-21H,4,9,11,13H2,1-3H3/p+1/t14-,20+/m1/s1. The summed E-state index contributed by atoms with van der Waals surface area (Å²) in [4.78, 5) is 16.4. The van der Waals surface area contributed by atoms with Crippen LogP contribution in [-0.2, 0) is 11.2 Å². The van der Waals surface area contributed by atoms with Crippen LogP contribution in [0.25, 0.3) is 0 Å². The summed E-state index contributed by atoms with van der Waals surface area (Å²) in [5, 5.41) is 4.29. The molecule has 0 saturated heterocycles. The molecule has 0 radical (unpaired) electrons. The minimum Gasteiger partial charge on any atom is -0.497 e. The van der Waals surface area contributed by atoms with E-state index in [2.05, 4.69) is 47.6 Å². The Morgan fingerprint density at radius 2 is 2.12 bits per heavy atom. The highest BCUT2D eigenvalue weighted by atomic mass is 32.1. The van der Waals surface area contributed by atoms with Gasteiger partial charge >= 0.3 is 0 Å². The predicted molar refractivity (Wildman–Crippen MR) is 101 cm³/mol. The monoisotopic (exact) mass is 359 g/mol. The van der Waals surface area contributed by atoms with Crippen molar-refractivity contribution >= 4 is 17.2 Å². The smallest absolute Gasteiger partial charge is 0.278 e. The van der Waals surface area contributed by atoms with E-state index in [4.69, 9.17) is 4.74 Å². The number of rotatable bonds is 6. The van der Waals surface area contributed by atoms with Gasteiger partial charge in [-0.15, -0.1) is 11.3 Å². The summed E-state index contributed by atoms with van der Waals surface area (Å²) in [6, 6.07) is 10.8. The van der Waals surface area contributed by atoms with Crippen LogP contribution in [0.15, 0.2) is 35.7 Å². The van der Waals surface area contributed by atoms with Gasteiger partial charge in [-0.25, -0.2) is 0 Å². The maximum atomic E-state index is 12.9. The van der Waals surface area contributed by atoms with E-state index >= 15 is 0 Å². The number of benzene rings is 1. The number of nitrogens with two attached hydrogens (primary N) is 1. The molecule has 2 N–H and O–H groups in total. The van der Waals surface area contributed by atoms with Gasteiger partial charge in [0.15, 0.2) is 6.54 Å². The van der Waals surface area contributed by atoms with Crippen LogP contribution in [-0.4, -0.2) is 37.0 Å². The molecule has 2 heterocycles. The third-order valence-electron chi connectivity index (χ3n) is 5.06. The van der Waals surface area contributed by atoms with Gasteiger partial charge in [0, 0.05) is 11.4 Å². The average molecular weight is 360 g/mol. The quantitative estimate of drug-likeness (QED) is 0.862. The van der Waals surface area contributed by atoms with Gasteiger partial charge in [-0.3, -0.25) is 4.79 Å². The Morgan fingerprint density at radius 1 is 1.36 bits per heavy atom. The molecule has 0 fully saturated rings. The minimum absolute atomic E-state index is 0.0127. The zero-order chi connectivity index (χ0) is 17.8. The van der Waals surface area contributed by atoms with E-state index in [0.717, 1.165) is 30.7 Å². The molecule has 25 heavy (non-hydrogen) atoms. The first-order valence-corrected chi connectivity index (χ1v) is 9.85. The van der Waals surface area contributed by atoms with Crippen molar-refractivity contribution in [2.75, 3.05) is 20.2 Å². The molecule has 2 aromatic rings. The van der Waals surface area contributed by atoms with Crippen molar-refractivity contribution < 1.29 is 14.8 Å². The number of amides is 1. The Morgan fingerprint density at radius 3 is 2.80 bits per heavy atom.